The fourth-order valence-electron chi connectivity index (χ4n) is 2.01. The predicted molar refractivity (Wildman–Crippen MR) is 87.8 cm³/mol. The summed E-state index contributed by atoms with van der Waals surface area (Å²) in [5, 5.41) is 2.82. The minimum atomic E-state index is -0.188. The molecule has 0 aliphatic heterocycles. The van der Waals surface area contributed by atoms with Gasteiger partial charge < -0.3 is 9.88 Å². The van der Waals surface area contributed by atoms with E-state index >= 15 is 0 Å². The number of aryl methyl sites for hydroxylation is 2. The molecule has 0 unspecified atom stereocenters. The highest BCUT2D eigenvalue weighted by Crippen LogP contribution is 2.18. The number of carbonyl (C=O) groups excluding carboxylic acids is 1. The molecule has 0 spiro atoms. The van der Waals surface area contributed by atoms with Crippen molar-refractivity contribution in [1.29, 1.82) is 0 Å². The molecule has 2 rings (SSSR count). The van der Waals surface area contributed by atoms with Crippen LogP contribution < -0.4 is 10.9 Å². The highest BCUT2D eigenvalue weighted by Gasteiger charge is 2.08. The van der Waals surface area contributed by atoms with Crippen LogP contribution >= 0.6 is 15.9 Å². The summed E-state index contributed by atoms with van der Waals surface area (Å²) in [5.41, 5.74) is 2.14. The molecule has 110 valence electrons. The van der Waals surface area contributed by atoms with Crippen LogP contribution in [0.2, 0.25) is 0 Å². The number of halogens is 1. The maximum absolute atomic E-state index is 12.2. The number of nitrogens with one attached hydrogen (secondary N) is 1. The summed E-state index contributed by atoms with van der Waals surface area (Å²) in [7, 11) is 0. The quantitative estimate of drug-likeness (QED) is 0.917. The highest BCUT2D eigenvalue weighted by molar-refractivity contribution is 9.10. The zero-order valence-electron chi connectivity index (χ0n) is 12.0. The fourth-order valence-corrected chi connectivity index (χ4v) is 2.26. The third-order valence-corrected chi connectivity index (χ3v) is 4.02. The number of benzene rings is 1. The zero-order valence-corrected chi connectivity index (χ0v) is 13.6. The van der Waals surface area contributed by atoms with Crippen molar-refractivity contribution in [2.75, 3.05) is 5.32 Å². The van der Waals surface area contributed by atoms with E-state index in [4.69, 9.17) is 0 Å². The third kappa shape index (κ3) is 3.82. The molecule has 0 aliphatic rings. The Morgan fingerprint density at radius 2 is 2.05 bits per heavy atom. The van der Waals surface area contributed by atoms with Crippen molar-refractivity contribution in [2.24, 2.45) is 0 Å². The van der Waals surface area contributed by atoms with E-state index in [9.17, 15) is 9.59 Å². The molecular formula is C16H17BrN2O2. The van der Waals surface area contributed by atoms with Crippen molar-refractivity contribution in [3.05, 3.63) is 62.5 Å². The molecule has 2 aromatic rings. The Balaban J connectivity index is 2.21. The Hall–Kier alpha value is -1.88. The summed E-state index contributed by atoms with van der Waals surface area (Å²) in [6, 6.07) is 8.52. The molecule has 1 aromatic carbocycles. The maximum Gasteiger partial charge on any atom is 0.255 e. The molecule has 4 nitrogen and oxygen atoms in total. The summed E-state index contributed by atoms with van der Waals surface area (Å²) < 4.78 is 2.57. The van der Waals surface area contributed by atoms with Crippen molar-refractivity contribution < 1.29 is 4.79 Å². The van der Waals surface area contributed by atoms with E-state index in [0.29, 0.717) is 17.8 Å². The molecule has 0 aliphatic carbocycles. The second-order valence-electron chi connectivity index (χ2n) is 4.87. The normalized spacial score (nSPS) is 10.4. The van der Waals surface area contributed by atoms with Gasteiger partial charge in [-0.15, -0.1) is 0 Å². The van der Waals surface area contributed by atoms with Gasteiger partial charge in [0.15, 0.2) is 0 Å². The molecule has 0 radical (unpaired) electrons. The van der Waals surface area contributed by atoms with Crippen LogP contribution in [0.25, 0.3) is 0 Å². The van der Waals surface area contributed by atoms with Gasteiger partial charge in [-0.25, -0.2) is 0 Å². The predicted octanol–water partition coefficient (Wildman–Crippen LogP) is 3.58. The largest absolute Gasteiger partial charge is 0.321 e. The molecule has 0 fully saturated rings. The first kappa shape index (κ1) is 15.5. The van der Waals surface area contributed by atoms with Crippen LogP contribution in [0.3, 0.4) is 0 Å². The molecule has 1 amide bonds. The van der Waals surface area contributed by atoms with Crippen molar-refractivity contribution in [3.8, 4) is 0 Å². The second-order valence-corrected chi connectivity index (χ2v) is 5.72. The number of carbonyl (C=O) groups is 1. The SMILES string of the molecule is CCCn1cc(NC(=O)c2ccc(Br)c(C)c2)ccc1=O. The lowest BCUT2D eigenvalue weighted by Gasteiger charge is -2.09. The summed E-state index contributed by atoms with van der Waals surface area (Å²) in [4.78, 5) is 23.9. The van der Waals surface area contributed by atoms with Crippen LogP contribution in [0.1, 0.15) is 29.3 Å². The number of anilines is 1. The number of aromatic nitrogens is 1. The zero-order chi connectivity index (χ0) is 15.4. The average Bonchev–Trinajstić information content (AvgIpc) is 2.45. The monoisotopic (exact) mass is 348 g/mol. The molecule has 21 heavy (non-hydrogen) atoms. The molecular weight excluding hydrogens is 332 g/mol. The van der Waals surface area contributed by atoms with Crippen LogP contribution in [-0.4, -0.2) is 10.5 Å². The number of rotatable bonds is 4. The van der Waals surface area contributed by atoms with Gasteiger partial charge in [-0.2, -0.15) is 0 Å². The molecule has 0 bridgehead atoms. The van der Waals surface area contributed by atoms with E-state index in [1.807, 2.05) is 26.0 Å². The molecule has 5 heteroatoms. The Morgan fingerprint density at radius 3 is 2.71 bits per heavy atom. The lowest BCUT2D eigenvalue weighted by Crippen LogP contribution is -2.20. The van der Waals surface area contributed by atoms with Crippen LogP contribution in [0.5, 0.6) is 0 Å². The molecule has 1 N–H and O–H groups in total. The summed E-state index contributed by atoms with van der Waals surface area (Å²) in [5.74, 6) is -0.188. The van der Waals surface area contributed by atoms with Crippen molar-refractivity contribution in [1.82, 2.24) is 4.57 Å². The molecule has 0 atom stereocenters. The van der Waals surface area contributed by atoms with Crippen LogP contribution in [0.15, 0.2) is 45.8 Å². The van der Waals surface area contributed by atoms with E-state index in [-0.39, 0.29) is 11.5 Å². The van der Waals surface area contributed by atoms with Gasteiger partial charge in [-0.1, -0.05) is 22.9 Å². The summed E-state index contributed by atoms with van der Waals surface area (Å²) >= 11 is 3.41. The van der Waals surface area contributed by atoms with Gasteiger partial charge in [0, 0.05) is 28.8 Å². The van der Waals surface area contributed by atoms with Gasteiger partial charge in [-0.3, -0.25) is 9.59 Å². The smallest absolute Gasteiger partial charge is 0.255 e. The third-order valence-electron chi connectivity index (χ3n) is 3.13. The standard InChI is InChI=1S/C16H17BrN2O2/c1-3-8-19-10-13(5-7-15(19)20)18-16(21)12-4-6-14(17)11(2)9-12/h4-7,9-10H,3,8H2,1-2H3,(H,18,21). The van der Waals surface area contributed by atoms with Crippen LogP contribution in [-0.2, 0) is 6.54 Å². The first-order chi connectivity index (χ1) is 10.0. The molecule has 1 aromatic heterocycles. The Morgan fingerprint density at radius 1 is 1.29 bits per heavy atom. The number of pyridine rings is 1. The van der Waals surface area contributed by atoms with Gasteiger partial charge in [0.2, 0.25) is 0 Å². The molecule has 0 saturated carbocycles. The topological polar surface area (TPSA) is 51.1 Å². The minimum absolute atomic E-state index is 0.0608. The van der Waals surface area contributed by atoms with Crippen LogP contribution in [0.4, 0.5) is 5.69 Å². The highest BCUT2D eigenvalue weighted by atomic mass is 79.9. The minimum Gasteiger partial charge on any atom is -0.321 e. The lowest BCUT2D eigenvalue weighted by molar-refractivity contribution is 0.102. The van der Waals surface area contributed by atoms with Gasteiger partial charge in [-0.05, 0) is 43.2 Å². The number of nitrogens with zero attached hydrogens (tertiary/aromatic N) is 1. The Bertz CT molecular complexity index is 722. The second kappa shape index (κ2) is 6.72. The van der Waals surface area contributed by atoms with E-state index < -0.39 is 0 Å². The van der Waals surface area contributed by atoms with E-state index in [0.717, 1.165) is 16.5 Å². The van der Waals surface area contributed by atoms with Gasteiger partial charge in [0.1, 0.15) is 0 Å². The van der Waals surface area contributed by atoms with Crippen molar-refractivity contribution in [2.45, 2.75) is 26.8 Å². The summed E-state index contributed by atoms with van der Waals surface area (Å²) in [6.07, 6.45) is 2.54. The number of hydrogen-bond acceptors (Lipinski definition) is 2. The summed E-state index contributed by atoms with van der Waals surface area (Å²) in [6.45, 7) is 4.57. The fraction of sp³-hybridized carbons (Fsp3) is 0.250. The maximum atomic E-state index is 12.2. The van der Waals surface area contributed by atoms with Crippen molar-refractivity contribution >= 4 is 27.5 Å². The number of hydrogen-bond donors (Lipinski definition) is 1. The molecule has 0 saturated heterocycles. The van der Waals surface area contributed by atoms with Gasteiger partial charge >= 0.3 is 0 Å². The first-order valence-electron chi connectivity index (χ1n) is 6.79. The van der Waals surface area contributed by atoms with Gasteiger partial charge in [0.25, 0.3) is 11.5 Å². The Kier molecular flexibility index (Phi) is 4.96. The van der Waals surface area contributed by atoms with Gasteiger partial charge in [0.05, 0.1) is 5.69 Å². The lowest BCUT2D eigenvalue weighted by atomic mass is 10.1. The van der Waals surface area contributed by atoms with E-state index in [2.05, 4.69) is 21.2 Å². The van der Waals surface area contributed by atoms with Crippen molar-refractivity contribution in [3.63, 3.8) is 0 Å². The average molecular weight is 349 g/mol. The first-order valence-corrected chi connectivity index (χ1v) is 7.58. The molecule has 1 heterocycles. The van der Waals surface area contributed by atoms with E-state index in [1.165, 1.54) is 6.07 Å². The van der Waals surface area contributed by atoms with Crippen LogP contribution in [0, 0.1) is 6.92 Å². The number of amides is 1. The van der Waals surface area contributed by atoms with E-state index in [1.54, 1.807) is 22.9 Å². The Labute approximate surface area is 131 Å².